The molecule has 144 valence electrons. The Morgan fingerprint density at radius 3 is 2.75 bits per heavy atom. The highest BCUT2D eigenvalue weighted by Crippen LogP contribution is 2.40. The molecule has 0 amide bonds. The summed E-state index contributed by atoms with van der Waals surface area (Å²) in [6.45, 7) is 4.80. The van der Waals surface area contributed by atoms with Crippen LogP contribution in [0.2, 0.25) is 0 Å². The van der Waals surface area contributed by atoms with Crippen molar-refractivity contribution in [3.63, 3.8) is 0 Å². The molecule has 1 atom stereocenters. The maximum absolute atomic E-state index is 6.32. The summed E-state index contributed by atoms with van der Waals surface area (Å²) in [6, 6.07) is 15.9. The van der Waals surface area contributed by atoms with Gasteiger partial charge in [-0.05, 0) is 30.4 Å². The first-order chi connectivity index (χ1) is 13.8. The summed E-state index contributed by atoms with van der Waals surface area (Å²) in [5.41, 5.74) is 3.39. The molecule has 28 heavy (non-hydrogen) atoms. The van der Waals surface area contributed by atoms with Crippen LogP contribution >= 0.6 is 11.8 Å². The van der Waals surface area contributed by atoms with Crippen molar-refractivity contribution in [1.29, 1.82) is 0 Å². The van der Waals surface area contributed by atoms with E-state index in [1.807, 2.05) is 48.5 Å². The lowest BCUT2D eigenvalue weighted by atomic mass is 10.1. The maximum Gasteiger partial charge on any atom is 0.247 e. The van der Waals surface area contributed by atoms with Gasteiger partial charge >= 0.3 is 0 Å². The number of nitrogens with one attached hydrogen (secondary N) is 1. The Morgan fingerprint density at radius 1 is 1.07 bits per heavy atom. The van der Waals surface area contributed by atoms with E-state index >= 15 is 0 Å². The minimum absolute atomic E-state index is 0.452. The second kappa shape index (κ2) is 8.48. The van der Waals surface area contributed by atoms with Gasteiger partial charge in [0.2, 0.25) is 17.3 Å². The molecule has 3 aromatic rings. The predicted molar refractivity (Wildman–Crippen MR) is 111 cm³/mol. The Balaban J connectivity index is 1.79. The third kappa shape index (κ3) is 3.75. The fraction of sp³-hybridized carbons (Fsp3) is 0.286. The van der Waals surface area contributed by atoms with Gasteiger partial charge in [-0.3, -0.25) is 0 Å². The first-order valence-corrected chi connectivity index (χ1v) is 10.4. The molecule has 1 N–H and O–H groups in total. The summed E-state index contributed by atoms with van der Waals surface area (Å²) < 4.78 is 12.3. The molecule has 6 nitrogen and oxygen atoms in total. The van der Waals surface area contributed by atoms with Gasteiger partial charge in [0, 0.05) is 11.3 Å². The predicted octanol–water partition coefficient (Wildman–Crippen LogP) is 4.94. The van der Waals surface area contributed by atoms with Crippen LogP contribution < -0.4 is 14.8 Å². The average Bonchev–Trinajstić information content (AvgIpc) is 2.89. The van der Waals surface area contributed by atoms with Gasteiger partial charge in [0.25, 0.3) is 0 Å². The van der Waals surface area contributed by atoms with Crippen molar-refractivity contribution in [3.05, 3.63) is 54.1 Å². The summed E-state index contributed by atoms with van der Waals surface area (Å²) in [5.74, 6) is 2.14. The molecule has 0 radical (unpaired) electrons. The van der Waals surface area contributed by atoms with Gasteiger partial charge in [0.1, 0.15) is 5.75 Å². The summed E-state index contributed by atoms with van der Waals surface area (Å²) in [4.78, 5) is 4.62. The highest BCUT2D eigenvalue weighted by molar-refractivity contribution is 7.99. The molecule has 0 aliphatic carbocycles. The largest absolute Gasteiger partial charge is 0.493 e. The van der Waals surface area contributed by atoms with Gasteiger partial charge in [0.05, 0.1) is 12.2 Å². The number of fused-ring (bicyclic) bond motifs is 3. The second-order valence-corrected chi connectivity index (χ2v) is 7.49. The van der Waals surface area contributed by atoms with Crippen molar-refractivity contribution in [3.8, 4) is 22.9 Å². The van der Waals surface area contributed by atoms with E-state index < -0.39 is 6.23 Å². The minimum atomic E-state index is -0.452. The van der Waals surface area contributed by atoms with E-state index in [0.29, 0.717) is 23.3 Å². The number of aromatic nitrogens is 3. The van der Waals surface area contributed by atoms with E-state index in [4.69, 9.17) is 9.47 Å². The first kappa shape index (κ1) is 18.6. The smallest absolute Gasteiger partial charge is 0.247 e. The van der Waals surface area contributed by atoms with Crippen molar-refractivity contribution in [2.75, 3.05) is 17.7 Å². The molecule has 1 aliphatic rings. The molecule has 7 heteroatoms. The van der Waals surface area contributed by atoms with Crippen LogP contribution in [-0.4, -0.2) is 27.5 Å². The average molecular weight is 395 g/mol. The zero-order chi connectivity index (χ0) is 19.3. The van der Waals surface area contributed by atoms with E-state index in [9.17, 15) is 0 Å². The lowest BCUT2D eigenvalue weighted by molar-refractivity contribution is 0.215. The first-order valence-electron chi connectivity index (χ1n) is 9.42. The number of nitrogens with zero attached hydrogens (tertiary/aromatic N) is 3. The zero-order valence-electron chi connectivity index (χ0n) is 15.9. The molecule has 0 bridgehead atoms. The Morgan fingerprint density at radius 2 is 1.89 bits per heavy atom. The van der Waals surface area contributed by atoms with Gasteiger partial charge in [-0.1, -0.05) is 55.9 Å². The summed E-state index contributed by atoms with van der Waals surface area (Å²) in [6.07, 6.45) is 0.486. The number of benzene rings is 2. The van der Waals surface area contributed by atoms with Crippen LogP contribution in [0.25, 0.3) is 11.3 Å². The van der Waals surface area contributed by atoms with E-state index in [2.05, 4.69) is 34.3 Å². The van der Waals surface area contributed by atoms with Crippen LogP contribution in [0.3, 0.4) is 0 Å². The van der Waals surface area contributed by atoms with Crippen LogP contribution in [-0.2, 0) is 0 Å². The quantitative estimate of drug-likeness (QED) is 0.594. The zero-order valence-corrected chi connectivity index (χ0v) is 16.7. The molecule has 0 saturated carbocycles. The van der Waals surface area contributed by atoms with Crippen LogP contribution in [0.15, 0.2) is 53.7 Å². The highest BCUT2D eigenvalue weighted by Gasteiger charge is 2.27. The molecular weight excluding hydrogens is 372 g/mol. The van der Waals surface area contributed by atoms with Gasteiger partial charge in [-0.2, -0.15) is 4.98 Å². The van der Waals surface area contributed by atoms with E-state index in [1.165, 1.54) is 11.8 Å². The Labute approximate surface area is 168 Å². The number of hydrogen-bond donors (Lipinski definition) is 1. The maximum atomic E-state index is 6.32. The monoisotopic (exact) mass is 394 g/mol. The van der Waals surface area contributed by atoms with Crippen molar-refractivity contribution in [2.45, 2.75) is 31.7 Å². The van der Waals surface area contributed by atoms with E-state index in [0.717, 1.165) is 34.7 Å². The lowest BCUT2D eigenvalue weighted by Crippen LogP contribution is -2.18. The second-order valence-electron chi connectivity index (χ2n) is 6.26. The van der Waals surface area contributed by atoms with Crippen LogP contribution in [0.5, 0.6) is 11.6 Å². The van der Waals surface area contributed by atoms with Crippen molar-refractivity contribution in [2.24, 2.45) is 0 Å². The summed E-state index contributed by atoms with van der Waals surface area (Å²) in [7, 11) is 0. The van der Waals surface area contributed by atoms with Crippen LogP contribution in [0.4, 0.5) is 5.69 Å². The van der Waals surface area contributed by atoms with Gasteiger partial charge in [-0.15, -0.1) is 10.2 Å². The van der Waals surface area contributed by atoms with Crippen molar-refractivity contribution in [1.82, 2.24) is 15.2 Å². The Bertz CT molecular complexity index is 967. The normalized spacial score (nSPS) is 14.9. The molecule has 1 aliphatic heterocycles. The van der Waals surface area contributed by atoms with Crippen LogP contribution in [0.1, 0.15) is 32.1 Å². The third-order valence-corrected chi connectivity index (χ3v) is 4.99. The van der Waals surface area contributed by atoms with Crippen molar-refractivity contribution >= 4 is 17.4 Å². The van der Waals surface area contributed by atoms with Crippen molar-refractivity contribution < 1.29 is 9.47 Å². The third-order valence-electron chi connectivity index (χ3n) is 4.27. The number of rotatable bonds is 6. The number of anilines is 1. The van der Waals surface area contributed by atoms with Gasteiger partial charge in [-0.25, -0.2) is 0 Å². The molecule has 0 spiro atoms. The van der Waals surface area contributed by atoms with Gasteiger partial charge in [0.15, 0.2) is 5.69 Å². The molecule has 0 unspecified atom stereocenters. The topological polar surface area (TPSA) is 69.2 Å². The van der Waals surface area contributed by atoms with E-state index in [1.54, 1.807) is 0 Å². The highest BCUT2D eigenvalue weighted by atomic mass is 32.2. The number of thioether (sulfide) groups is 1. The Kier molecular flexibility index (Phi) is 5.62. The molecular formula is C21H22N4O2S. The molecule has 0 fully saturated rings. The molecule has 4 rings (SSSR count). The minimum Gasteiger partial charge on any atom is -0.493 e. The Hall–Kier alpha value is -2.80. The number of hydrogen-bond acceptors (Lipinski definition) is 7. The molecule has 0 saturated heterocycles. The van der Waals surface area contributed by atoms with Gasteiger partial charge < -0.3 is 14.8 Å². The lowest BCUT2D eigenvalue weighted by Gasteiger charge is -2.21. The SMILES string of the molecule is CCCOc1ccccc1[C@@H]1Nc2ccccc2-c2nnc(SCC)nc2O1. The molecule has 2 heterocycles. The number of ether oxygens (including phenoxy) is 2. The molecule has 2 aromatic carbocycles. The van der Waals surface area contributed by atoms with Crippen LogP contribution in [0, 0.1) is 0 Å². The number of para-hydroxylation sites is 2. The van der Waals surface area contributed by atoms with E-state index in [-0.39, 0.29) is 0 Å². The summed E-state index contributed by atoms with van der Waals surface area (Å²) >= 11 is 1.54. The fourth-order valence-electron chi connectivity index (χ4n) is 3.02. The molecule has 1 aromatic heterocycles. The standard InChI is InChI=1S/C21H22N4O2S/c1-3-13-26-17-12-8-6-10-15(17)19-22-16-11-7-5-9-14(16)18-20(27-19)23-21(25-24-18)28-4-2/h5-12,19,22H,3-4,13H2,1-2H3/t19-/m1/s1. The fourth-order valence-corrected chi connectivity index (χ4v) is 3.52. The summed E-state index contributed by atoms with van der Waals surface area (Å²) in [5, 5.41) is 12.7.